The van der Waals surface area contributed by atoms with E-state index in [9.17, 15) is 0 Å². The minimum atomic E-state index is 0.581. The number of hydrogen-bond acceptors (Lipinski definition) is 3. The lowest BCUT2D eigenvalue weighted by molar-refractivity contribution is 0.306. The molecule has 0 aliphatic heterocycles. The molecule has 144 valence electrons. The van der Waals surface area contributed by atoms with Crippen LogP contribution in [0.5, 0.6) is 11.5 Å². The average molecular weight is 399 g/mol. The molecule has 0 N–H and O–H groups in total. The third-order valence-corrected chi connectivity index (χ3v) is 5.40. The highest BCUT2D eigenvalue weighted by Gasteiger charge is 2.01. The van der Waals surface area contributed by atoms with E-state index in [0.717, 1.165) is 11.5 Å². The number of hydrogen-bond donors (Lipinski definition) is 0. The Labute approximate surface area is 176 Å². The first-order chi connectivity index (χ1) is 14.3. The molecule has 3 heteroatoms. The first kappa shape index (κ1) is 19.2. The van der Waals surface area contributed by atoms with E-state index in [1.165, 1.54) is 20.9 Å². The van der Waals surface area contributed by atoms with Gasteiger partial charge in [-0.2, -0.15) is 0 Å². The van der Waals surface area contributed by atoms with Crippen LogP contribution in [0.4, 0.5) is 0 Å². The summed E-state index contributed by atoms with van der Waals surface area (Å²) in [5.74, 6) is 1.76. The van der Waals surface area contributed by atoms with Crippen LogP contribution in [-0.2, 0) is 13.2 Å². The Balaban J connectivity index is 1.28. The van der Waals surface area contributed by atoms with Crippen LogP contribution in [-0.4, -0.2) is 0 Å². The van der Waals surface area contributed by atoms with Crippen molar-refractivity contribution in [3.8, 4) is 11.5 Å². The summed E-state index contributed by atoms with van der Waals surface area (Å²) < 4.78 is 11.7. The van der Waals surface area contributed by atoms with Gasteiger partial charge >= 0.3 is 0 Å². The maximum absolute atomic E-state index is 5.85. The van der Waals surface area contributed by atoms with Gasteiger partial charge in [0.05, 0.1) is 0 Å². The summed E-state index contributed by atoms with van der Waals surface area (Å²) >= 11 is 1.72. The maximum Gasteiger partial charge on any atom is 0.119 e. The lowest BCUT2D eigenvalue weighted by atomic mass is 10.2. The molecule has 0 saturated carbocycles. The Kier molecular flexibility index (Phi) is 6.51. The SMILES string of the molecule is c1ccc(COc2ccc(Sc3ccc(OCc4ccccc4)cc3)cc2)cc1. The van der Waals surface area contributed by atoms with Crippen molar-refractivity contribution in [2.24, 2.45) is 0 Å². The van der Waals surface area contributed by atoms with Crippen LogP contribution in [0, 0.1) is 0 Å². The van der Waals surface area contributed by atoms with Crippen molar-refractivity contribution in [3.63, 3.8) is 0 Å². The minimum absolute atomic E-state index is 0.581. The molecule has 0 aliphatic rings. The van der Waals surface area contributed by atoms with Gasteiger partial charge in [-0.1, -0.05) is 72.4 Å². The van der Waals surface area contributed by atoms with E-state index in [-0.39, 0.29) is 0 Å². The summed E-state index contributed by atoms with van der Waals surface area (Å²) in [7, 11) is 0. The predicted octanol–water partition coefficient (Wildman–Crippen LogP) is 7.00. The van der Waals surface area contributed by atoms with Crippen LogP contribution in [0.3, 0.4) is 0 Å². The fourth-order valence-electron chi connectivity index (χ4n) is 2.83. The number of ether oxygens (including phenoxy) is 2. The summed E-state index contributed by atoms with van der Waals surface area (Å²) in [6, 6.07) is 36.8. The molecular formula is C26H22O2S. The lowest BCUT2D eigenvalue weighted by Gasteiger charge is -2.09. The molecule has 4 aromatic rings. The van der Waals surface area contributed by atoms with Gasteiger partial charge in [0, 0.05) is 9.79 Å². The highest BCUT2D eigenvalue weighted by Crippen LogP contribution is 2.30. The number of rotatable bonds is 8. The summed E-state index contributed by atoms with van der Waals surface area (Å²) in [6.45, 7) is 1.16. The van der Waals surface area contributed by atoms with Gasteiger partial charge in [-0.05, 0) is 59.7 Å². The highest BCUT2D eigenvalue weighted by molar-refractivity contribution is 7.99. The van der Waals surface area contributed by atoms with E-state index < -0.39 is 0 Å². The van der Waals surface area contributed by atoms with Crippen LogP contribution in [0.25, 0.3) is 0 Å². The van der Waals surface area contributed by atoms with Gasteiger partial charge < -0.3 is 9.47 Å². The molecule has 4 rings (SSSR count). The van der Waals surface area contributed by atoms with Crippen molar-refractivity contribution in [3.05, 3.63) is 120 Å². The van der Waals surface area contributed by atoms with E-state index in [4.69, 9.17) is 9.47 Å². The smallest absolute Gasteiger partial charge is 0.119 e. The van der Waals surface area contributed by atoms with Gasteiger partial charge in [-0.15, -0.1) is 0 Å². The zero-order valence-electron chi connectivity index (χ0n) is 16.0. The molecule has 0 bridgehead atoms. The van der Waals surface area contributed by atoms with Gasteiger partial charge in [0.15, 0.2) is 0 Å². The first-order valence-corrected chi connectivity index (χ1v) is 10.4. The lowest BCUT2D eigenvalue weighted by Crippen LogP contribution is -1.94. The summed E-state index contributed by atoms with van der Waals surface area (Å²) in [6.07, 6.45) is 0. The van der Waals surface area contributed by atoms with Gasteiger partial charge in [0.1, 0.15) is 24.7 Å². The van der Waals surface area contributed by atoms with Crippen LogP contribution in [0.15, 0.2) is 119 Å². The second-order valence-corrected chi connectivity index (χ2v) is 7.74. The molecule has 0 atom stereocenters. The molecule has 0 aromatic heterocycles. The number of benzene rings is 4. The van der Waals surface area contributed by atoms with Crippen LogP contribution < -0.4 is 9.47 Å². The van der Waals surface area contributed by atoms with Crippen molar-refractivity contribution >= 4 is 11.8 Å². The predicted molar refractivity (Wildman–Crippen MR) is 119 cm³/mol. The molecular weight excluding hydrogens is 376 g/mol. The Morgan fingerprint density at radius 1 is 0.448 bits per heavy atom. The maximum atomic E-state index is 5.85. The standard InChI is InChI=1S/C26H22O2S/c1-3-7-21(8-4-1)19-27-23-11-15-25(16-12-23)29-26-17-13-24(14-18-26)28-20-22-9-5-2-6-10-22/h1-18H,19-20H2. The zero-order valence-corrected chi connectivity index (χ0v) is 16.8. The van der Waals surface area contributed by atoms with Gasteiger partial charge in [-0.25, -0.2) is 0 Å². The molecule has 0 heterocycles. The van der Waals surface area contributed by atoms with E-state index in [0.29, 0.717) is 13.2 Å². The van der Waals surface area contributed by atoms with Crippen LogP contribution in [0.2, 0.25) is 0 Å². The van der Waals surface area contributed by atoms with E-state index in [1.807, 2.05) is 60.7 Å². The molecule has 0 spiro atoms. The van der Waals surface area contributed by atoms with E-state index >= 15 is 0 Å². The van der Waals surface area contributed by atoms with Crippen molar-refractivity contribution in [2.75, 3.05) is 0 Å². The fourth-order valence-corrected chi connectivity index (χ4v) is 3.64. The second-order valence-electron chi connectivity index (χ2n) is 6.59. The first-order valence-electron chi connectivity index (χ1n) is 9.57. The Bertz CT molecular complexity index is 913. The summed E-state index contributed by atoms with van der Waals surface area (Å²) in [4.78, 5) is 2.35. The zero-order chi connectivity index (χ0) is 19.7. The van der Waals surface area contributed by atoms with Crippen molar-refractivity contribution in [1.29, 1.82) is 0 Å². The van der Waals surface area contributed by atoms with Gasteiger partial charge in [0.25, 0.3) is 0 Å². The van der Waals surface area contributed by atoms with Crippen molar-refractivity contribution in [1.82, 2.24) is 0 Å². The summed E-state index contributed by atoms with van der Waals surface area (Å²) in [5.41, 5.74) is 2.33. The van der Waals surface area contributed by atoms with Crippen molar-refractivity contribution in [2.45, 2.75) is 23.0 Å². The highest BCUT2D eigenvalue weighted by atomic mass is 32.2. The molecule has 0 fully saturated rings. The van der Waals surface area contributed by atoms with Gasteiger partial charge in [-0.3, -0.25) is 0 Å². The molecule has 0 amide bonds. The normalized spacial score (nSPS) is 10.5. The van der Waals surface area contributed by atoms with Crippen molar-refractivity contribution < 1.29 is 9.47 Å². The fraction of sp³-hybridized carbons (Fsp3) is 0.0769. The Morgan fingerprint density at radius 2 is 0.828 bits per heavy atom. The topological polar surface area (TPSA) is 18.5 Å². The molecule has 0 radical (unpaired) electrons. The third kappa shape index (κ3) is 5.90. The molecule has 29 heavy (non-hydrogen) atoms. The quantitative estimate of drug-likeness (QED) is 0.318. The Hall–Kier alpha value is -3.17. The van der Waals surface area contributed by atoms with Crippen LogP contribution in [0.1, 0.15) is 11.1 Å². The van der Waals surface area contributed by atoms with Crippen LogP contribution >= 0.6 is 11.8 Å². The molecule has 0 saturated heterocycles. The minimum Gasteiger partial charge on any atom is -0.489 e. The largest absolute Gasteiger partial charge is 0.489 e. The molecule has 2 nitrogen and oxygen atoms in total. The van der Waals surface area contributed by atoms with Gasteiger partial charge in [0.2, 0.25) is 0 Å². The second kappa shape index (κ2) is 9.85. The average Bonchev–Trinajstić information content (AvgIpc) is 2.80. The molecule has 4 aromatic carbocycles. The monoisotopic (exact) mass is 398 g/mol. The molecule has 0 unspecified atom stereocenters. The third-order valence-electron chi connectivity index (χ3n) is 4.38. The Morgan fingerprint density at radius 3 is 1.21 bits per heavy atom. The van der Waals surface area contributed by atoms with E-state index in [2.05, 4.69) is 48.5 Å². The molecule has 0 aliphatic carbocycles. The summed E-state index contributed by atoms with van der Waals surface area (Å²) in [5, 5.41) is 0. The van der Waals surface area contributed by atoms with E-state index in [1.54, 1.807) is 11.8 Å².